The number of hydrazone groups is 1. The molecule has 0 unspecified atom stereocenters. The highest BCUT2D eigenvalue weighted by molar-refractivity contribution is 6.09. The number of amides is 2. The summed E-state index contributed by atoms with van der Waals surface area (Å²) in [6.45, 7) is 2.93. The molecule has 1 atom stereocenters. The number of nitrogens with zero attached hydrogens (tertiary/aromatic N) is 2. The smallest absolute Gasteiger partial charge is 0.240 e. The summed E-state index contributed by atoms with van der Waals surface area (Å²) in [7, 11) is 0. The molecule has 0 spiro atoms. The van der Waals surface area contributed by atoms with Crippen molar-refractivity contribution in [3.05, 3.63) is 54.0 Å². The van der Waals surface area contributed by atoms with Gasteiger partial charge in [0.25, 0.3) is 0 Å². The highest BCUT2D eigenvalue weighted by atomic mass is 16.3. The fraction of sp³-hybridized carbons (Fsp3) is 0.235. The van der Waals surface area contributed by atoms with Gasteiger partial charge in [0.05, 0.1) is 12.0 Å². The third-order valence-electron chi connectivity index (χ3n) is 3.65. The van der Waals surface area contributed by atoms with E-state index in [9.17, 15) is 9.59 Å². The van der Waals surface area contributed by atoms with E-state index in [2.05, 4.69) is 10.4 Å². The zero-order valence-electron chi connectivity index (χ0n) is 12.9. The lowest BCUT2D eigenvalue weighted by molar-refractivity contribution is -0.130. The van der Waals surface area contributed by atoms with E-state index in [1.54, 1.807) is 12.3 Å². The number of furan rings is 1. The average Bonchev–Trinajstić information content (AvgIpc) is 3.16. The molecule has 1 aromatic carbocycles. The topological polar surface area (TPSA) is 74.9 Å². The number of hydrogen-bond acceptors (Lipinski definition) is 4. The first kappa shape index (κ1) is 15.0. The van der Waals surface area contributed by atoms with Gasteiger partial charge in [-0.25, -0.2) is 5.01 Å². The van der Waals surface area contributed by atoms with Gasteiger partial charge in [-0.05, 0) is 18.2 Å². The Bertz CT molecular complexity index is 765. The molecule has 0 radical (unpaired) electrons. The van der Waals surface area contributed by atoms with E-state index in [0.29, 0.717) is 17.9 Å². The molecule has 0 fully saturated rings. The Morgan fingerprint density at radius 2 is 2.00 bits per heavy atom. The highest BCUT2D eigenvalue weighted by Crippen LogP contribution is 2.34. The van der Waals surface area contributed by atoms with Gasteiger partial charge in [-0.2, -0.15) is 5.10 Å². The van der Waals surface area contributed by atoms with Crippen LogP contribution in [-0.4, -0.2) is 22.5 Å². The van der Waals surface area contributed by atoms with Gasteiger partial charge in [0.1, 0.15) is 11.8 Å². The summed E-state index contributed by atoms with van der Waals surface area (Å²) in [5, 5.41) is 8.68. The predicted molar refractivity (Wildman–Crippen MR) is 85.9 cm³/mol. The lowest BCUT2D eigenvalue weighted by Gasteiger charge is -2.17. The summed E-state index contributed by atoms with van der Waals surface area (Å²) >= 11 is 0. The molecule has 0 saturated carbocycles. The summed E-state index contributed by atoms with van der Waals surface area (Å²) < 4.78 is 5.44. The van der Waals surface area contributed by atoms with Gasteiger partial charge in [-0.3, -0.25) is 9.59 Å². The molecule has 1 aliphatic heterocycles. The molecule has 2 heterocycles. The quantitative estimate of drug-likeness (QED) is 0.947. The molecule has 2 amide bonds. The summed E-state index contributed by atoms with van der Waals surface area (Å²) in [5.41, 5.74) is 2.23. The molecule has 23 heavy (non-hydrogen) atoms. The van der Waals surface area contributed by atoms with Crippen molar-refractivity contribution in [2.75, 3.05) is 5.32 Å². The molecule has 0 saturated heterocycles. The third-order valence-corrected chi connectivity index (χ3v) is 3.65. The predicted octanol–water partition coefficient (Wildman–Crippen LogP) is 2.94. The van der Waals surface area contributed by atoms with Crippen LogP contribution < -0.4 is 5.32 Å². The van der Waals surface area contributed by atoms with Gasteiger partial charge in [-0.15, -0.1) is 0 Å². The van der Waals surface area contributed by atoms with E-state index in [4.69, 9.17) is 4.42 Å². The second-order valence-electron chi connectivity index (χ2n) is 5.37. The van der Waals surface area contributed by atoms with Crippen LogP contribution in [0, 0.1) is 0 Å². The van der Waals surface area contributed by atoms with E-state index >= 15 is 0 Å². The van der Waals surface area contributed by atoms with Crippen LogP contribution in [-0.2, 0) is 9.59 Å². The van der Waals surface area contributed by atoms with E-state index in [0.717, 1.165) is 11.3 Å². The van der Waals surface area contributed by atoms with Crippen LogP contribution in [0.25, 0.3) is 0 Å². The fourth-order valence-electron chi connectivity index (χ4n) is 2.70. The van der Waals surface area contributed by atoms with Gasteiger partial charge in [0, 0.05) is 31.5 Å². The lowest BCUT2D eigenvalue weighted by Crippen LogP contribution is -2.23. The van der Waals surface area contributed by atoms with Crippen molar-refractivity contribution < 1.29 is 14.0 Å². The van der Waals surface area contributed by atoms with E-state index in [1.807, 2.05) is 30.3 Å². The van der Waals surface area contributed by atoms with Gasteiger partial charge in [0.15, 0.2) is 0 Å². The standard InChI is InChI=1S/C17H17N3O3/c1-11(21)18-14-7-4-3-6-13(14)15-10-16(17-8-5-9-23-17)20(19-15)12(2)22/h3-9,16H,10H2,1-2H3,(H,18,21)/t16-/m0/s1. The number of carbonyl (C=O) groups is 2. The van der Waals surface area contributed by atoms with E-state index in [1.165, 1.54) is 18.9 Å². The minimum atomic E-state index is -0.261. The molecule has 0 aliphatic carbocycles. The number of hydrogen-bond donors (Lipinski definition) is 1. The Balaban J connectivity index is 1.96. The zero-order valence-corrected chi connectivity index (χ0v) is 12.9. The van der Waals surface area contributed by atoms with E-state index < -0.39 is 0 Å². The van der Waals surface area contributed by atoms with Crippen LogP contribution in [0.15, 0.2) is 52.2 Å². The molecular weight excluding hydrogens is 294 g/mol. The van der Waals surface area contributed by atoms with Gasteiger partial charge in [0.2, 0.25) is 11.8 Å². The number of nitrogens with one attached hydrogen (secondary N) is 1. The number of anilines is 1. The fourth-order valence-corrected chi connectivity index (χ4v) is 2.70. The summed E-state index contributed by atoms with van der Waals surface area (Å²) in [5.74, 6) is 0.386. The molecule has 1 aliphatic rings. The molecule has 1 aromatic heterocycles. The van der Waals surface area contributed by atoms with Crippen molar-refractivity contribution in [1.82, 2.24) is 5.01 Å². The van der Waals surface area contributed by atoms with Crippen LogP contribution in [0.5, 0.6) is 0 Å². The summed E-state index contributed by atoms with van der Waals surface area (Å²) in [4.78, 5) is 23.3. The van der Waals surface area contributed by atoms with Crippen molar-refractivity contribution >= 4 is 23.2 Å². The maximum atomic E-state index is 11.9. The van der Waals surface area contributed by atoms with Crippen LogP contribution >= 0.6 is 0 Å². The molecule has 1 N–H and O–H groups in total. The second kappa shape index (κ2) is 6.08. The van der Waals surface area contributed by atoms with Crippen LogP contribution in [0.1, 0.15) is 37.6 Å². The van der Waals surface area contributed by atoms with Crippen molar-refractivity contribution in [3.8, 4) is 0 Å². The number of carbonyl (C=O) groups excluding carboxylic acids is 2. The maximum absolute atomic E-state index is 11.9. The van der Waals surface area contributed by atoms with Gasteiger partial charge >= 0.3 is 0 Å². The first-order valence-electron chi connectivity index (χ1n) is 7.34. The summed E-state index contributed by atoms with van der Waals surface area (Å²) in [6, 6.07) is 10.8. The van der Waals surface area contributed by atoms with Crippen molar-refractivity contribution in [3.63, 3.8) is 0 Å². The average molecular weight is 311 g/mol. The van der Waals surface area contributed by atoms with Gasteiger partial charge in [-0.1, -0.05) is 18.2 Å². The van der Waals surface area contributed by atoms with Gasteiger partial charge < -0.3 is 9.73 Å². The second-order valence-corrected chi connectivity index (χ2v) is 5.37. The molecule has 0 bridgehead atoms. The molecule has 2 aromatic rings. The van der Waals surface area contributed by atoms with Crippen molar-refractivity contribution in [2.45, 2.75) is 26.3 Å². The maximum Gasteiger partial charge on any atom is 0.240 e. The lowest BCUT2D eigenvalue weighted by atomic mass is 10.0. The first-order chi connectivity index (χ1) is 11.1. The number of para-hydroxylation sites is 1. The normalized spacial score (nSPS) is 17.0. The van der Waals surface area contributed by atoms with Crippen molar-refractivity contribution in [1.29, 1.82) is 0 Å². The Morgan fingerprint density at radius 3 is 2.65 bits per heavy atom. The largest absolute Gasteiger partial charge is 0.467 e. The Labute approximate surface area is 133 Å². The number of rotatable bonds is 3. The minimum absolute atomic E-state index is 0.151. The zero-order chi connectivity index (χ0) is 16.4. The van der Waals surface area contributed by atoms with Crippen LogP contribution in [0.3, 0.4) is 0 Å². The molecule has 3 rings (SSSR count). The Kier molecular flexibility index (Phi) is 3.97. The minimum Gasteiger partial charge on any atom is -0.467 e. The third kappa shape index (κ3) is 3.01. The molecular formula is C17H17N3O3. The Morgan fingerprint density at radius 1 is 1.22 bits per heavy atom. The van der Waals surface area contributed by atoms with Crippen LogP contribution in [0.2, 0.25) is 0 Å². The van der Waals surface area contributed by atoms with E-state index in [-0.39, 0.29) is 17.9 Å². The monoisotopic (exact) mass is 311 g/mol. The summed E-state index contributed by atoms with van der Waals surface area (Å²) in [6.07, 6.45) is 2.11. The SMILES string of the molecule is CC(=O)Nc1ccccc1C1=NN(C(C)=O)[C@H](c2ccco2)C1. The van der Waals surface area contributed by atoms with Crippen LogP contribution in [0.4, 0.5) is 5.69 Å². The van der Waals surface area contributed by atoms with Crippen molar-refractivity contribution in [2.24, 2.45) is 5.10 Å². The molecule has 6 nitrogen and oxygen atoms in total. The number of benzene rings is 1. The highest BCUT2D eigenvalue weighted by Gasteiger charge is 2.33. The molecule has 6 heteroatoms. The first-order valence-corrected chi connectivity index (χ1v) is 7.34. The Hall–Kier alpha value is -2.89. The molecule has 118 valence electrons.